The number of rotatable bonds is 4. The first kappa shape index (κ1) is 11.5. The van der Waals surface area contributed by atoms with Gasteiger partial charge in [0.2, 0.25) is 0 Å². The SMILES string of the molecule is Cc1cccc(C(O)CCCCl)c1C. The summed E-state index contributed by atoms with van der Waals surface area (Å²) in [5, 5.41) is 9.90. The topological polar surface area (TPSA) is 20.2 Å². The number of halogens is 1. The molecule has 1 atom stereocenters. The maximum Gasteiger partial charge on any atom is 0.0793 e. The molecule has 1 aromatic carbocycles. The van der Waals surface area contributed by atoms with Crippen molar-refractivity contribution in [3.8, 4) is 0 Å². The highest BCUT2D eigenvalue weighted by Crippen LogP contribution is 2.23. The molecular formula is C12H17ClO. The second-order valence-electron chi connectivity index (χ2n) is 3.64. The zero-order valence-electron chi connectivity index (χ0n) is 8.76. The monoisotopic (exact) mass is 212 g/mol. The van der Waals surface area contributed by atoms with Gasteiger partial charge in [-0.1, -0.05) is 18.2 Å². The molecule has 14 heavy (non-hydrogen) atoms. The highest BCUT2D eigenvalue weighted by molar-refractivity contribution is 6.17. The van der Waals surface area contributed by atoms with Gasteiger partial charge in [0.15, 0.2) is 0 Å². The van der Waals surface area contributed by atoms with E-state index in [0.717, 1.165) is 18.4 Å². The normalized spacial score (nSPS) is 12.9. The van der Waals surface area contributed by atoms with Gasteiger partial charge in [0.25, 0.3) is 0 Å². The minimum absolute atomic E-state index is 0.367. The molecule has 0 saturated heterocycles. The second-order valence-corrected chi connectivity index (χ2v) is 4.01. The van der Waals surface area contributed by atoms with Crippen molar-refractivity contribution in [3.63, 3.8) is 0 Å². The van der Waals surface area contributed by atoms with Gasteiger partial charge < -0.3 is 5.11 Å². The Balaban J connectivity index is 2.79. The van der Waals surface area contributed by atoms with Gasteiger partial charge in [-0.15, -0.1) is 11.6 Å². The van der Waals surface area contributed by atoms with Crippen LogP contribution in [-0.4, -0.2) is 11.0 Å². The van der Waals surface area contributed by atoms with Crippen molar-refractivity contribution in [1.29, 1.82) is 0 Å². The molecule has 78 valence electrons. The molecule has 1 unspecified atom stereocenters. The summed E-state index contributed by atoms with van der Waals surface area (Å²) in [6.45, 7) is 4.11. The van der Waals surface area contributed by atoms with Crippen LogP contribution in [0.4, 0.5) is 0 Å². The van der Waals surface area contributed by atoms with Crippen LogP contribution < -0.4 is 0 Å². The summed E-state index contributed by atoms with van der Waals surface area (Å²) in [5.41, 5.74) is 3.46. The summed E-state index contributed by atoms with van der Waals surface area (Å²) in [7, 11) is 0. The van der Waals surface area contributed by atoms with E-state index in [4.69, 9.17) is 11.6 Å². The van der Waals surface area contributed by atoms with Crippen LogP contribution in [0.5, 0.6) is 0 Å². The Labute approximate surface area is 90.7 Å². The molecule has 1 aromatic rings. The zero-order chi connectivity index (χ0) is 10.6. The summed E-state index contributed by atoms with van der Waals surface area (Å²) in [6.07, 6.45) is 1.23. The van der Waals surface area contributed by atoms with Gasteiger partial charge in [-0.05, 0) is 43.4 Å². The first-order valence-electron chi connectivity index (χ1n) is 4.97. The van der Waals surface area contributed by atoms with Crippen molar-refractivity contribution in [2.45, 2.75) is 32.8 Å². The van der Waals surface area contributed by atoms with Crippen molar-refractivity contribution in [2.24, 2.45) is 0 Å². The lowest BCUT2D eigenvalue weighted by Crippen LogP contribution is -2.01. The molecule has 0 aromatic heterocycles. The van der Waals surface area contributed by atoms with Crippen LogP contribution in [0.25, 0.3) is 0 Å². The van der Waals surface area contributed by atoms with E-state index in [-0.39, 0.29) is 6.10 Å². The summed E-state index contributed by atoms with van der Waals surface area (Å²) in [5.74, 6) is 0.613. The number of aliphatic hydroxyl groups excluding tert-OH is 1. The predicted octanol–water partition coefficient (Wildman–Crippen LogP) is 3.36. The lowest BCUT2D eigenvalue weighted by molar-refractivity contribution is 0.166. The fourth-order valence-corrected chi connectivity index (χ4v) is 1.72. The van der Waals surface area contributed by atoms with Gasteiger partial charge in [-0.2, -0.15) is 0 Å². The Morgan fingerprint density at radius 2 is 2.07 bits per heavy atom. The summed E-state index contributed by atoms with van der Waals surface area (Å²) < 4.78 is 0. The quantitative estimate of drug-likeness (QED) is 0.759. The molecule has 0 amide bonds. The zero-order valence-corrected chi connectivity index (χ0v) is 9.51. The van der Waals surface area contributed by atoms with E-state index < -0.39 is 0 Å². The van der Waals surface area contributed by atoms with Crippen LogP contribution >= 0.6 is 11.6 Å². The van der Waals surface area contributed by atoms with E-state index >= 15 is 0 Å². The van der Waals surface area contributed by atoms with Crippen molar-refractivity contribution < 1.29 is 5.11 Å². The minimum atomic E-state index is -0.367. The summed E-state index contributed by atoms with van der Waals surface area (Å²) in [6, 6.07) is 6.04. The Bertz CT molecular complexity index is 296. The number of aryl methyl sites for hydroxylation is 1. The average molecular weight is 213 g/mol. The first-order valence-corrected chi connectivity index (χ1v) is 5.50. The Hall–Kier alpha value is -0.530. The van der Waals surface area contributed by atoms with E-state index in [9.17, 15) is 5.11 Å². The van der Waals surface area contributed by atoms with Crippen molar-refractivity contribution in [3.05, 3.63) is 34.9 Å². The Morgan fingerprint density at radius 3 is 2.71 bits per heavy atom. The third-order valence-electron chi connectivity index (χ3n) is 2.62. The molecular weight excluding hydrogens is 196 g/mol. The van der Waals surface area contributed by atoms with Crippen molar-refractivity contribution in [1.82, 2.24) is 0 Å². The van der Waals surface area contributed by atoms with E-state index in [1.54, 1.807) is 0 Å². The maximum absolute atomic E-state index is 9.90. The molecule has 0 fully saturated rings. The van der Waals surface area contributed by atoms with Crippen LogP contribution in [0.2, 0.25) is 0 Å². The molecule has 1 rings (SSSR count). The van der Waals surface area contributed by atoms with Gasteiger partial charge in [0.05, 0.1) is 6.10 Å². The predicted molar refractivity (Wildman–Crippen MR) is 60.8 cm³/mol. The van der Waals surface area contributed by atoms with Gasteiger partial charge >= 0.3 is 0 Å². The van der Waals surface area contributed by atoms with Crippen LogP contribution in [-0.2, 0) is 0 Å². The lowest BCUT2D eigenvalue weighted by Gasteiger charge is -2.14. The standard InChI is InChI=1S/C12H17ClO/c1-9-5-3-6-11(10(9)2)12(14)7-4-8-13/h3,5-6,12,14H,4,7-8H2,1-2H3. The fourth-order valence-electron chi connectivity index (χ4n) is 1.56. The molecule has 1 nitrogen and oxygen atoms in total. The van der Waals surface area contributed by atoms with Crippen LogP contribution in [0.15, 0.2) is 18.2 Å². The number of alkyl halides is 1. The fraction of sp³-hybridized carbons (Fsp3) is 0.500. The summed E-state index contributed by atoms with van der Waals surface area (Å²) in [4.78, 5) is 0. The largest absolute Gasteiger partial charge is 0.388 e. The summed E-state index contributed by atoms with van der Waals surface area (Å²) >= 11 is 5.59. The highest BCUT2D eigenvalue weighted by Gasteiger charge is 2.10. The smallest absolute Gasteiger partial charge is 0.0793 e. The molecule has 0 spiro atoms. The molecule has 0 radical (unpaired) electrons. The molecule has 0 bridgehead atoms. The van der Waals surface area contributed by atoms with Crippen LogP contribution in [0, 0.1) is 13.8 Å². The molecule has 0 aliphatic rings. The molecule has 0 saturated carbocycles. The maximum atomic E-state index is 9.90. The van der Waals surface area contributed by atoms with Crippen LogP contribution in [0.1, 0.15) is 35.6 Å². The van der Waals surface area contributed by atoms with Crippen LogP contribution in [0.3, 0.4) is 0 Å². The Morgan fingerprint density at radius 1 is 1.36 bits per heavy atom. The number of hydrogen-bond donors (Lipinski definition) is 1. The third kappa shape index (κ3) is 2.73. The third-order valence-corrected chi connectivity index (χ3v) is 2.88. The second kappa shape index (κ2) is 5.38. The number of benzene rings is 1. The van der Waals surface area contributed by atoms with E-state index in [1.165, 1.54) is 11.1 Å². The van der Waals surface area contributed by atoms with E-state index in [0.29, 0.717) is 5.88 Å². The molecule has 0 heterocycles. The number of aliphatic hydroxyl groups is 1. The van der Waals surface area contributed by atoms with Gasteiger partial charge in [0, 0.05) is 5.88 Å². The van der Waals surface area contributed by atoms with Gasteiger partial charge in [-0.3, -0.25) is 0 Å². The van der Waals surface area contributed by atoms with E-state index in [1.807, 2.05) is 12.1 Å². The van der Waals surface area contributed by atoms with Crippen molar-refractivity contribution in [2.75, 3.05) is 5.88 Å². The van der Waals surface area contributed by atoms with Gasteiger partial charge in [0.1, 0.15) is 0 Å². The highest BCUT2D eigenvalue weighted by atomic mass is 35.5. The molecule has 0 aliphatic carbocycles. The Kier molecular flexibility index (Phi) is 4.43. The molecule has 0 aliphatic heterocycles. The van der Waals surface area contributed by atoms with E-state index in [2.05, 4.69) is 19.9 Å². The first-order chi connectivity index (χ1) is 6.66. The van der Waals surface area contributed by atoms with Crippen molar-refractivity contribution >= 4 is 11.6 Å². The number of hydrogen-bond acceptors (Lipinski definition) is 1. The molecule has 1 N–H and O–H groups in total. The van der Waals surface area contributed by atoms with Gasteiger partial charge in [-0.25, -0.2) is 0 Å². The minimum Gasteiger partial charge on any atom is -0.388 e. The average Bonchev–Trinajstić information content (AvgIpc) is 2.18. The lowest BCUT2D eigenvalue weighted by atomic mass is 9.97. The molecule has 2 heteroatoms.